The number of primary amides is 1. The van der Waals surface area contributed by atoms with Crippen molar-refractivity contribution in [1.29, 1.82) is 0 Å². The fraction of sp³-hybridized carbons (Fsp3) is 0.351. The van der Waals surface area contributed by atoms with Gasteiger partial charge in [0, 0.05) is 24.1 Å². The molecule has 0 aliphatic heterocycles. The van der Waals surface area contributed by atoms with Gasteiger partial charge in [-0.15, -0.1) is 0 Å². The third-order valence-electron chi connectivity index (χ3n) is 9.71. The van der Waals surface area contributed by atoms with Crippen LogP contribution in [0.2, 0.25) is 0 Å². The summed E-state index contributed by atoms with van der Waals surface area (Å²) in [5.74, 6) is -3.44. The van der Waals surface area contributed by atoms with Crippen molar-refractivity contribution in [3.05, 3.63) is 94.5 Å². The van der Waals surface area contributed by atoms with Crippen LogP contribution >= 0.6 is 0 Å². The molecule has 0 bridgehead atoms. The number of benzene rings is 3. The van der Waals surface area contributed by atoms with Gasteiger partial charge in [-0.2, -0.15) is 0 Å². The number of ketones is 1. The first kappa shape index (κ1) is 29.7. The monoisotopic (exact) mass is 592 g/mol. The SMILES string of the molecule is C=C1C2=C(O)C3C(O)=C(C(N)=O)C(=O)C[C@@H]3CC2Cc2c(-c3ccc(CN(CCC)CCC)c4ccccc34)ccc(O)c21. The summed E-state index contributed by atoms with van der Waals surface area (Å²) in [4.78, 5) is 27.2. The molecular weight excluding hydrogens is 552 g/mol. The summed E-state index contributed by atoms with van der Waals surface area (Å²) in [7, 11) is 0. The number of aliphatic hydroxyl groups excluding tert-OH is 2. The second-order valence-corrected chi connectivity index (χ2v) is 12.5. The molecule has 0 radical (unpaired) electrons. The first-order valence-corrected chi connectivity index (χ1v) is 15.6. The molecule has 6 rings (SSSR count). The Labute approximate surface area is 258 Å². The van der Waals surface area contributed by atoms with E-state index in [1.165, 1.54) is 10.9 Å². The highest BCUT2D eigenvalue weighted by atomic mass is 16.3. The highest BCUT2D eigenvalue weighted by molar-refractivity contribution is 6.19. The second-order valence-electron chi connectivity index (χ2n) is 12.5. The number of amides is 1. The van der Waals surface area contributed by atoms with Crippen LogP contribution in [0.5, 0.6) is 5.75 Å². The third kappa shape index (κ3) is 4.80. The molecule has 228 valence electrons. The van der Waals surface area contributed by atoms with Gasteiger partial charge in [-0.1, -0.05) is 62.9 Å². The number of nitrogens with two attached hydrogens (primary N) is 1. The molecule has 44 heavy (non-hydrogen) atoms. The van der Waals surface area contributed by atoms with E-state index >= 15 is 0 Å². The number of fused-ring (bicyclic) bond motifs is 4. The number of carbonyl (C=O) groups is 2. The van der Waals surface area contributed by atoms with E-state index in [2.05, 4.69) is 61.7 Å². The molecule has 0 heterocycles. The fourth-order valence-electron chi connectivity index (χ4n) is 7.96. The smallest absolute Gasteiger partial charge is 0.255 e. The van der Waals surface area contributed by atoms with Crippen molar-refractivity contribution in [2.45, 2.75) is 52.5 Å². The van der Waals surface area contributed by atoms with E-state index in [1.807, 2.05) is 6.07 Å². The molecule has 3 atom stereocenters. The first-order valence-electron chi connectivity index (χ1n) is 15.6. The molecule has 3 aromatic carbocycles. The molecule has 7 heteroatoms. The molecule has 0 spiro atoms. The summed E-state index contributed by atoms with van der Waals surface area (Å²) < 4.78 is 0. The Balaban J connectivity index is 1.46. The third-order valence-corrected chi connectivity index (χ3v) is 9.71. The average molecular weight is 593 g/mol. The summed E-state index contributed by atoms with van der Waals surface area (Å²) in [5, 5.41) is 35.9. The number of phenols is 1. The van der Waals surface area contributed by atoms with Crippen LogP contribution in [0.15, 0.2) is 77.8 Å². The Bertz CT molecular complexity index is 1760. The van der Waals surface area contributed by atoms with Gasteiger partial charge in [0.2, 0.25) is 0 Å². The summed E-state index contributed by atoms with van der Waals surface area (Å²) in [6, 6.07) is 16.5. The van der Waals surface area contributed by atoms with E-state index in [-0.39, 0.29) is 29.8 Å². The van der Waals surface area contributed by atoms with Crippen molar-refractivity contribution < 1.29 is 24.9 Å². The van der Waals surface area contributed by atoms with E-state index in [4.69, 9.17) is 5.73 Å². The minimum Gasteiger partial charge on any atom is -0.511 e. The van der Waals surface area contributed by atoms with E-state index in [0.717, 1.165) is 54.6 Å². The lowest BCUT2D eigenvalue weighted by Gasteiger charge is -2.42. The van der Waals surface area contributed by atoms with Crippen molar-refractivity contribution in [3.63, 3.8) is 0 Å². The first-order chi connectivity index (χ1) is 21.2. The van der Waals surface area contributed by atoms with Crippen molar-refractivity contribution >= 4 is 28.0 Å². The molecule has 3 aliphatic carbocycles. The Morgan fingerprint density at radius 3 is 2.30 bits per heavy atom. The average Bonchev–Trinajstić information content (AvgIpc) is 2.97. The van der Waals surface area contributed by atoms with Crippen LogP contribution in [0.1, 0.15) is 56.2 Å². The number of phenolic OH excluding ortho intramolecular Hbond substituents is 1. The Morgan fingerprint density at radius 1 is 0.932 bits per heavy atom. The molecule has 1 amide bonds. The quantitative estimate of drug-likeness (QED) is 0.215. The zero-order chi connectivity index (χ0) is 31.3. The highest BCUT2D eigenvalue weighted by Gasteiger charge is 2.48. The van der Waals surface area contributed by atoms with Gasteiger partial charge in [0.15, 0.2) is 5.78 Å². The van der Waals surface area contributed by atoms with Gasteiger partial charge in [0.05, 0.1) is 5.92 Å². The Kier molecular flexibility index (Phi) is 7.84. The normalized spacial score (nSPS) is 21.5. The molecule has 0 aromatic heterocycles. The van der Waals surface area contributed by atoms with Gasteiger partial charge in [-0.3, -0.25) is 14.5 Å². The van der Waals surface area contributed by atoms with Gasteiger partial charge in [-0.05, 0) is 95.3 Å². The predicted molar refractivity (Wildman–Crippen MR) is 173 cm³/mol. The second kappa shape index (κ2) is 11.6. The van der Waals surface area contributed by atoms with Crippen LogP contribution in [-0.4, -0.2) is 45.0 Å². The van der Waals surface area contributed by atoms with Crippen molar-refractivity contribution in [1.82, 2.24) is 4.90 Å². The van der Waals surface area contributed by atoms with Crippen molar-refractivity contribution in [3.8, 4) is 16.9 Å². The maximum Gasteiger partial charge on any atom is 0.255 e. The lowest BCUT2D eigenvalue weighted by Crippen LogP contribution is -2.40. The molecular formula is C37H40N2O5. The largest absolute Gasteiger partial charge is 0.511 e. The topological polar surface area (TPSA) is 124 Å². The summed E-state index contributed by atoms with van der Waals surface area (Å²) in [5.41, 5.74) is 10.9. The molecule has 7 nitrogen and oxygen atoms in total. The minimum absolute atomic E-state index is 0.0201. The number of aliphatic hydroxyl groups is 2. The van der Waals surface area contributed by atoms with Crippen LogP contribution < -0.4 is 5.73 Å². The van der Waals surface area contributed by atoms with Gasteiger partial charge in [0.25, 0.3) is 5.91 Å². The maximum atomic E-state index is 12.7. The number of carbonyl (C=O) groups excluding carboxylic acids is 2. The standard InChI is InChI=1S/C37H40N2O5/c1-4-14-39(15-5-2)19-21-10-11-26(25-9-7-6-8-24(21)25)27-12-13-29(40)32-20(3)31-22(17-28(27)32)16-23-18-30(41)34(37(38)44)36(43)33(23)35(31)42/h6-13,22-23,33,40,42-43H,3-5,14-19H2,1-2H3,(H2,38,44)/t22?,23-,33?/m0/s1. The zero-order valence-electron chi connectivity index (χ0n) is 25.4. The number of rotatable bonds is 8. The Hall–Kier alpha value is -4.36. The van der Waals surface area contributed by atoms with Gasteiger partial charge in [0.1, 0.15) is 22.8 Å². The fourth-order valence-corrected chi connectivity index (χ4v) is 7.96. The molecule has 3 aliphatic rings. The van der Waals surface area contributed by atoms with E-state index in [0.29, 0.717) is 29.6 Å². The summed E-state index contributed by atoms with van der Waals surface area (Å²) in [6.07, 6.45) is 3.27. The number of hydrogen-bond acceptors (Lipinski definition) is 6. The summed E-state index contributed by atoms with van der Waals surface area (Å²) >= 11 is 0. The molecule has 0 saturated heterocycles. The number of hydrogen-bond donors (Lipinski definition) is 4. The van der Waals surface area contributed by atoms with Crippen LogP contribution in [0.4, 0.5) is 0 Å². The molecule has 0 saturated carbocycles. The van der Waals surface area contributed by atoms with Crippen LogP contribution in [0.25, 0.3) is 27.5 Å². The Morgan fingerprint density at radius 2 is 1.61 bits per heavy atom. The van der Waals surface area contributed by atoms with Gasteiger partial charge < -0.3 is 21.1 Å². The predicted octanol–water partition coefficient (Wildman–Crippen LogP) is 6.74. The van der Waals surface area contributed by atoms with E-state index in [9.17, 15) is 24.9 Å². The van der Waals surface area contributed by atoms with Gasteiger partial charge >= 0.3 is 0 Å². The van der Waals surface area contributed by atoms with E-state index < -0.39 is 28.9 Å². The molecule has 2 unspecified atom stereocenters. The zero-order valence-corrected chi connectivity index (χ0v) is 25.4. The number of nitrogens with zero attached hydrogens (tertiary/aromatic N) is 1. The summed E-state index contributed by atoms with van der Waals surface area (Å²) in [6.45, 7) is 11.7. The number of allylic oxidation sites excluding steroid dienone is 2. The lowest BCUT2D eigenvalue weighted by molar-refractivity contribution is -0.123. The lowest BCUT2D eigenvalue weighted by atomic mass is 9.62. The molecule has 0 fully saturated rings. The highest BCUT2D eigenvalue weighted by Crippen LogP contribution is 2.55. The van der Waals surface area contributed by atoms with Crippen LogP contribution in [-0.2, 0) is 22.6 Å². The van der Waals surface area contributed by atoms with Crippen molar-refractivity contribution in [2.24, 2.45) is 23.5 Å². The number of aromatic hydroxyl groups is 1. The van der Waals surface area contributed by atoms with E-state index in [1.54, 1.807) is 6.07 Å². The minimum atomic E-state index is -0.998. The van der Waals surface area contributed by atoms with Gasteiger partial charge in [-0.25, -0.2) is 0 Å². The molecule has 5 N–H and O–H groups in total. The maximum absolute atomic E-state index is 12.7. The molecule has 3 aromatic rings. The van der Waals surface area contributed by atoms with Crippen LogP contribution in [0, 0.1) is 17.8 Å². The van der Waals surface area contributed by atoms with Crippen LogP contribution in [0.3, 0.4) is 0 Å². The van der Waals surface area contributed by atoms with Crippen molar-refractivity contribution in [2.75, 3.05) is 13.1 Å². The number of Topliss-reactive ketones (excluding diaryl/α,β-unsaturated/α-hetero) is 1.